The first-order valence-electron chi connectivity index (χ1n) is 8.75. The number of rotatable bonds is 5. The van der Waals surface area contributed by atoms with Crippen molar-refractivity contribution in [1.29, 1.82) is 0 Å². The number of aryl methyl sites for hydroxylation is 1. The highest BCUT2D eigenvalue weighted by atomic mass is 19.4. The molecule has 0 aliphatic carbocycles. The Hall–Kier alpha value is -3.69. The molecule has 0 unspecified atom stereocenters. The van der Waals surface area contributed by atoms with E-state index >= 15 is 0 Å². The average Bonchev–Trinajstić information content (AvgIpc) is 2.72. The second kappa shape index (κ2) is 8.36. The molecule has 0 saturated carbocycles. The summed E-state index contributed by atoms with van der Waals surface area (Å²) in [6.45, 7) is 1.59. The highest BCUT2D eigenvalue weighted by molar-refractivity contribution is 5.92. The maximum atomic E-state index is 13.0. The molecular formula is C20H17F3N4O3. The molecule has 0 bridgehead atoms. The van der Waals surface area contributed by atoms with Crippen molar-refractivity contribution in [2.45, 2.75) is 19.6 Å². The molecule has 7 nitrogen and oxygen atoms in total. The lowest BCUT2D eigenvalue weighted by molar-refractivity contribution is -0.137. The molecular weight excluding hydrogens is 401 g/mol. The van der Waals surface area contributed by atoms with Crippen LogP contribution in [0.1, 0.15) is 27.3 Å². The van der Waals surface area contributed by atoms with Gasteiger partial charge in [-0.25, -0.2) is 9.67 Å². The van der Waals surface area contributed by atoms with Crippen LogP contribution in [0, 0.1) is 6.92 Å². The molecule has 2 heterocycles. The van der Waals surface area contributed by atoms with Crippen LogP contribution < -0.4 is 15.5 Å². The molecule has 0 fully saturated rings. The number of carbonyl (C=O) groups is 1. The fraction of sp³-hybridized carbons (Fsp3) is 0.200. The van der Waals surface area contributed by atoms with E-state index in [2.05, 4.69) is 15.4 Å². The summed E-state index contributed by atoms with van der Waals surface area (Å²) in [6, 6.07) is 8.92. The van der Waals surface area contributed by atoms with Gasteiger partial charge < -0.3 is 10.1 Å². The first-order valence-corrected chi connectivity index (χ1v) is 8.75. The first kappa shape index (κ1) is 21.0. The fourth-order valence-electron chi connectivity index (χ4n) is 2.68. The molecule has 0 aliphatic rings. The van der Waals surface area contributed by atoms with Crippen molar-refractivity contribution >= 4 is 5.91 Å². The van der Waals surface area contributed by atoms with E-state index in [1.54, 1.807) is 12.1 Å². The van der Waals surface area contributed by atoms with E-state index in [1.807, 2.05) is 0 Å². The van der Waals surface area contributed by atoms with Crippen molar-refractivity contribution in [2.75, 3.05) is 7.11 Å². The second-order valence-electron chi connectivity index (χ2n) is 6.35. The molecule has 0 aliphatic heterocycles. The third-order valence-electron chi connectivity index (χ3n) is 4.20. The highest BCUT2D eigenvalue weighted by Crippen LogP contribution is 2.30. The van der Waals surface area contributed by atoms with Crippen LogP contribution in [0.25, 0.3) is 5.69 Å². The highest BCUT2D eigenvalue weighted by Gasteiger charge is 2.30. The molecule has 1 amide bonds. The maximum Gasteiger partial charge on any atom is 0.416 e. The van der Waals surface area contributed by atoms with E-state index in [0.717, 1.165) is 22.9 Å². The number of hydrogen-bond acceptors (Lipinski definition) is 5. The summed E-state index contributed by atoms with van der Waals surface area (Å²) in [5, 5.41) is 6.55. The number of amides is 1. The zero-order chi connectivity index (χ0) is 21.9. The third-order valence-corrected chi connectivity index (χ3v) is 4.20. The van der Waals surface area contributed by atoms with E-state index in [1.165, 1.54) is 32.4 Å². The standard InChI is InChI=1S/C20H17F3N4O3/c1-12-8-16(28)18(19(29)25-11-13-6-7-17(30-2)24-10-13)26-27(12)15-5-3-4-14(9-15)20(21,22)23/h3-10H,11H2,1-2H3,(H,25,29). The number of alkyl halides is 3. The van der Waals surface area contributed by atoms with Gasteiger partial charge in [-0.2, -0.15) is 18.3 Å². The largest absolute Gasteiger partial charge is 0.481 e. The van der Waals surface area contributed by atoms with Gasteiger partial charge in [0.1, 0.15) is 0 Å². The van der Waals surface area contributed by atoms with Crippen molar-refractivity contribution in [3.8, 4) is 11.6 Å². The number of methoxy groups -OCH3 is 1. The van der Waals surface area contributed by atoms with E-state index in [0.29, 0.717) is 11.4 Å². The minimum atomic E-state index is -4.53. The lowest BCUT2D eigenvalue weighted by Crippen LogP contribution is -2.31. The summed E-state index contributed by atoms with van der Waals surface area (Å²) in [7, 11) is 1.47. The van der Waals surface area contributed by atoms with E-state index < -0.39 is 28.8 Å². The lowest BCUT2D eigenvalue weighted by Gasteiger charge is -2.13. The third kappa shape index (κ3) is 4.65. The number of benzene rings is 1. The topological polar surface area (TPSA) is 86.1 Å². The van der Waals surface area contributed by atoms with Gasteiger partial charge in [0, 0.05) is 30.6 Å². The number of pyridine rings is 1. The van der Waals surface area contributed by atoms with Crippen molar-refractivity contribution < 1.29 is 22.7 Å². The van der Waals surface area contributed by atoms with Gasteiger partial charge in [0.25, 0.3) is 5.91 Å². The van der Waals surface area contributed by atoms with Crippen LogP contribution in [-0.2, 0) is 12.7 Å². The number of aromatic nitrogens is 3. The van der Waals surface area contributed by atoms with Crippen LogP contribution in [0.2, 0.25) is 0 Å². The van der Waals surface area contributed by atoms with Crippen LogP contribution in [0.3, 0.4) is 0 Å². The molecule has 30 heavy (non-hydrogen) atoms. The molecule has 0 atom stereocenters. The van der Waals surface area contributed by atoms with Crippen molar-refractivity contribution in [1.82, 2.24) is 20.1 Å². The number of hydrogen-bond donors (Lipinski definition) is 1. The Morgan fingerprint density at radius 3 is 2.60 bits per heavy atom. The summed E-state index contributed by atoms with van der Waals surface area (Å²) >= 11 is 0. The van der Waals surface area contributed by atoms with E-state index in [9.17, 15) is 22.8 Å². The number of halogens is 3. The molecule has 1 aromatic carbocycles. The summed E-state index contributed by atoms with van der Waals surface area (Å²) < 4.78 is 45.1. The van der Waals surface area contributed by atoms with Gasteiger partial charge >= 0.3 is 6.18 Å². The Bertz CT molecular complexity index is 1130. The molecule has 10 heteroatoms. The smallest absolute Gasteiger partial charge is 0.416 e. The first-order chi connectivity index (χ1) is 14.2. The molecule has 3 aromatic rings. The normalized spacial score (nSPS) is 11.2. The van der Waals surface area contributed by atoms with Crippen molar-refractivity contribution in [3.63, 3.8) is 0 Å². The van der Waals surface area contributed by atoms with Crippen molar-refractivity contribution in [2.24, 2.45) is 0 Å². The Labute approximate surface area is 169 Å². The van der Waals surface area contributed by atoms with Crippen LogP contribution in [-0.4, -0.2) is 27.8 Å². The number of nitrogens with zero attached hydrogens (tertiary/aromatic N) is 3. The van der Waals surface area contributed by atoms with Gasteiger partial charge in [-0.1, -0.05) is 12.1 Å². The van der Waals surface area contributed by atoms with Gasteiger partial charge in [0.15, 0.2) is 5.69 Å². The van der Waals surface area contributed by atoms with E-state index in [4.69, 9.17) is 4.74 Å². The van der Waals surface area contributed by atoms with Crippen LogP contribution in [0.5, 0.6) is 5.88 Å². The van der Waals surface area contributed by atoms with Gasteiger partial charge in [-0.3, -0.25) is 9.59 Å². The minimum absolute atomic E-state index is 0.0778. The Kier molecular flexibility index (Phi) is 5.86. The predicted octanol–water partition coefficient (Wildman–Crippen LogP) is 2.89. The Morgan fingerprint density at radius 2 is 1.97 bits per heavy atom. The molecule has 156 valence electrons. The summed E-state index contributed by atoms with van der Waals surface area (Å²) in [4.78, 5) is 28.7. The summed E-state index contributed by atoms with van der Waals surface area (Å²) in [5.74, 6) is -0.342. The minimum Gasteiger partial charge on any atom is -0.481 e. The van der Waals surface area contributed by atoms with Crippen LogP contribution in [0.4, 0.5) is 13.2 Å². The molecule has 0 saturated heterocycles. The van der Waals surface area contributed by atoms with Crippen molar-refractivity contribution in [3.05, 3.63) is 81.4 Å². The van der Waals surface area contributed by atoms with Crippen LogP contribution >= 0.6 is 0 Å². The second-order valence-corrected chi connectivity index (χ2v) is 6.35. The zero-order valence-corrected chi connectivity index (χ0v) is 16.0. The number of carbonyl (C=O) groups excluding carboxylic acids is 1. The van der Waals surface area contributed by atoms with Gasteiger partial charge in [0.2, 0.25) is 11.3 Å². The van der Waals surface area contributed by atoms with E-state index in [-0.39, 0.29) is 17.9 Å². The zero-order valence-electron chi connectivity index (χ0n) is 16.0. The van der Waals surface area contributed by atoms with Gasteiger partial charge in [0.05, 0.1) is 18.4 Å². The van der Waals surface area contributed by atoms with Gasteiger partial charge in [-0.05, 0) is 30.7 Å². The average molecular weight is 418 g/mol. The van der Waals surface area contributed by atoms with Gasteiger partial charge in [-0.15, -0.1) is 0 Å². The molecule has 2 aromatic heterocycles. The molecule has 1 N–H and O–H groups in total. The maximum absolute atomic E-state index is 13.0. The monoisotopic (exact) mass is 418 g/mol. The predicted molar refractivity (Wildman–Crippen MR) is 102 cm³/mol. The quantitative estimate of drug-likeness (QED) is 0.689. The SMILES string of the molecule is COc1ccc(CNC(=O)c2nn(-c3cccc(C(F)(F)F)c3)c(C)cc2=O)cn1. The summed E-state index contributed by atoms with van der Waals surface area (Å²) in [5.41, 5.74) is -0.904. The number of ether oxygens (including phenoxy) is 1. The summed E-state index contributed by atoms with van der Waals surface area (Å²) in [6.07, 6.45) is -3.03. The molecule has 0 radical (unpaired) electrons. The molecule has 0 spiro atoms. The number of nitrogens with one attached hydrogen (secondary N) is 1. The lowest BCUT2D eigenvalue weighted by atomic mass is 10.2. The Morgan fingerprint density at radius 1 is 1.20 bits per heavy atom. The molecule has 3 rings (SSSR count). The Balaban J connectivity index is 1.87. The van der Waals surface area contributed by atoms with Crippen LogP contribution in [0.15, 0.2) is 53.5 Å². The fourth-order valence-corrected chi connectivity index (χ4v) is 2.68.